The minimum absolute atomic E-state index is 0.275. The van der Waals surface area contributed by atoms with Gasteiger partial charge in [-0.1, -0.05) is 12.1 Å². The summed E-state index contributed by atoms with van der Waals surface area (Å²) in [6.07, 6.45) is -4.33. The van der Waals surface area contributed by atoms with E-state index >= 15 is 0 Å². The van der Waals surface area contributed by atoms with Gasteiger partial charge >= 0.3 is 6.18 Å². The van der Waals surface area contributed by atoms with Crippen LogP contribution in [0.2, 0.25) is 0 Å². The number of nitrogen functional groups attached to an aromatic ring is 1. The van der Waals surface area contributed by atoms with Crippen LogP contribution in [0.5, 0.6) is 5.75 Å². The Morgan fingerprint density at radius 2 is 1.90 bits per heavy atom. The first kappa shape index (κ1) is 15.0. The maximum absolute atomic E-state index is 12.6. The smallest absolute Gasteiger partial charge is 0.416 e. The molecule has 0 aliphatic rings. The number of hydrogen-bond acceptors (Lipinski definition) is 3. The molecule has 0 aliphatic carbocycles. The van der Waals surface area contributed by atoms with Crippen LogP contribution < -0.4 is 15.8 Å². The number of rotatable bonds is 4. The number of methoxy groups -OCH3 is 1. The van der Waals surface area contributed by atoms with Gasteiger partial charge in [0.15, 0.2) is 0 Å². The summed E-state index contributed by atoms with van der Waals surface area (Å²) in [5.74, 6) is 0.518. The third kappa shape index (κ3) is 3.81. The Hall–Kier alpha value is -2.37. The van der Waals surface area contributed by atoms with Crippen LogP contribution in [0.1, 0.15) is 11.1 Å². The summed E-state index contributed by atoms with van der Waals surface area (Å²) in [6.45, 7) is 0.275. The third-order valence-electron chi connectivity index (χ3n) is 2.98. The fourth-order valence-electron chi connectivity index (χ4n) is 1.88. The van der Waals surface area contributed by atoms with Gasteiger partial charge in [-0.15, -0.1) is 0 Å². The molecule has 2 aromatic rings. The molecular weight excluding hydrogens is 281 g/mol. The zero-order valence-corrected chi connectivity index (χ0v) is 11.4. The second-order valence-corrected chi connectivity index (χ2v) is 4.51. The van der Waals surface area contributed by atoms with Crippen molar-refractivity contribution in [3.63, 3.8) is 0 Å². The normalized spacial score (nSPS) is 11.2. The number of hydrogen-bond donors (Lipinski definition) is 2. The highest BCUT2D eigenvalue weighted by Crippen LogP contribution is 2.30. The molecule has 0 heterocycles. The molecule has 0 radical (unpaired) electrons. The summed E-state index contributed by atoms with van der Waals surface area (Å²) < 4.78 is 43.0. The number of nitrogens with one attached hydrogen (secondary N) is 1. The maximum atomic E-state index is 12.6. The van der Waals surface area contributed by atoms with Gasteiger partial charge in [-0.2, -0.15) is 13.2 Å². The van der Waals surface area contributed by atoms with Gasteiger partial charge in [-0.3, -0.25) is 0 Å². The molecule has 0 fully saturated rings. The Bertz CT molecular complexity index is 627. The average Bonchev–Trinajstić information content (AvgIpc) is 2.46. The molecule has 0 saturated heterocycles. The lowest BCUT2D eigenvalue weighted by Gasteiger charge is -2.12. The van der Waals surface area contributed by atoms with Gasteiger partial charge in [0.2, 0.25) is 0 Å². The SMILES string of the molecule is COc1cc(NCc2cccc(C(F)(F)F)c2)ccc1N. The van der Waals surface area contributed by atoms with Gasteiger partial charge in [0.05, 0.1) is 18.4 Å². The first-order valence-electron chi connectivity index (χ1n) is 6.23. The van der Waals surface area contributed by atoms with E-state index < -0.39 is 11.7 Å². The van der Waals surface area contributed by atoms with Crippen molar-refractivity contribution < 1.29 is 17.9 Å². The number of nitrogens with two attached hydrogens (primary N) is 1. The number of anilines is 2. The fourth-order valence-corrected chi connectivity index (χ4v) is 1.88. The Balaban J connectivity index is 2.10. The lowest BCUT2D eigenvalue weighted by molar-refractivity contribution is -0.137. The zero-order valence-electron chi connectivity index (χ0n) is 11.4. The van der Waals surface area contributed by atoms with E-state index in [0.717, 1.165) is 17.8 Å². The van der Waals surface area contributed by atoms with E-state index in [0.29, 0.717) is 17.0 Å². The van der Waals surface area contributed by atoms with Gasteiger partial charge in [0.1, 0.15) is 5.75 Å². The van der Waals surface area contributed by atoms with Crippen molar-refractivity contribution in [2.45, 2.75) is 12.7 Å². The van der Waals surface area contributed by atoms with Crippen LogP contribution in [-0.2, 0) is 12.7 Å². The van der Waals surface area contributed by atoms with Crippen molar-refractivity contribution in [2.24, 2.45) is 0 Å². The van der Waals surface area contributed by atoms with E-state index in [1.807, 2.05) is 0 Å². The van der Waals surface area contributed by atoms with E-state index in [1.54, 1.807) is 24.3 Å². The lowest BCUT2D eigenvalue weighted by Crippen LogP contribution is -2.07. The van der Waals surface area contributed by atoms with Crippen molar-refractivity contribution in [3.8, 4) is 5.75 Å². The van der Waals surface area contributed by atoms with Crippen LogP contribution in [0.25, 0.3) is 0 Å². The van der Waals surface area contributed by atoms with E-state index in [-0.39, 0.29) is 6.54 Å². The van der Waals surface area contributed by atoms with Crippen LogP contribution in [0.15, 0.2) is 42.5 Å². The van der Waals surface area contributed by atoms with Crippen LogP contribution in [0.4, 0.5) is 24.5 Å². The molecule has 2 aromatic carbocycles. The summed E-state index contributed by atoms with van der Waals surface area (Å²) in [6, 6.07) is 10.3. The molecule has 0 aliphatic heterocycles. The Morgan fingerprint density at radius 1 is 1.14 bits per heavy atom. The molecular formula is C15H15F3N2O. The maximum Gasteiger partial charge on any atom is 0.416 e. The van der Waals surface area contributed by atoms with Gasteiger partial charge in [0.25, 0.3) is 0 Å². The molecule has 0 aromatic heterocycles. The number of halogens is 3. The van der Waals surface area contributed by atoms with Crippen molar-refractivity contribution in [1.82, 2.24) is 0 Å². The Labute approximate surface area is 120 Å². The Morgan fingerprint density at radius 3 is 2.57 bits per heavy atom. The number of alkyl halides is 3. The highest BCUT2D eigenvalue weighted by molar-refractivity contribution is 5.61. The van der Waals surface area contributed by atoms with E-state index in [9.17, 15) is 13.2 Å². The molecule has 2 rings (SSSR count). The molecule has 0 atom stereocenters. The van der Waals surface area contributed by atoms with Gasteiger partial charge < -0.3 is 15.8 Å². The van der Waals surface area contributed by atoms with Crippen molar-refractivity contribution >= 4 is 11.4 Å². The lowest BCUT2D eigenvalue weighted by atomic mass is 10.1. The van der Waals surface area contributed by atoms with Crippen molar-refractivity contribution in [2.75, 3.05) is 18.2 Å². The number of ether oxygens (including phenoxy) is 1. The van der Waals surface area contributed by atoms with Gasteiger partial charge in [-0.05, 0) is 29.8 Å². The van der Waals surface area contributed by atoms with Crippen LogP contribution >= 0.6 is 0 Å². The monoisotopic (exact) mass is 296 g/mol. The first-order valence-corrected chi connectivity index (χ1v) is 6.23. The molecule has 0 unspecified atom stereocenters. The van der Waals surface area contributed by atoms with Crippen LogP contribution in [0.3, 0.4) is 0 Å². The quantitative estimate of drug-likeness (QED) is 0.841. The molecule has 21 heavy (non-hydrogen) atoms. The number of benzene rings is 2. The fraction of sp³-hybridized carbons (Fsp3) is 0.200. The summed E-state index contributed by atoms with van der Waals surface area (Å²) >= 11 is 0. The minimum Gasteiger partial charge on any atom is -0.495 e. The molecule has 0 amide bonds. The van der Waals surface area contributed by atoms with Crippen molar-refractivity contribution in [1.29, 1.82) is 0 Å². The Kier molecular flexibility index (Phi) is 4.26. The van der Waals surface area contributed by atoms with Crippen molar-refractivity contribution in [3.05, 3.63) is 53.6 Å². The highest BCUT2D eigenvalue weighted by atomic mass is 19.4. The minimum atomic E-state index is -4.33. The zero-order chi connectivity index (χ0) is 15.5. The van der Waals surface area contributed by atoms with E-state index in [1.165, 1.54) is 13.2 Å². The summed E-state index contributed by atoms with van der Waals surface area (Å²) in [5, 5.41) is 3.04. The van der Waals surface area contributed by atoms with Crippen LogP contribution in [-0.4, -0.2) is 7.11 Å². The second-order valence-electron chi connectivity index (χ2n) is 4.51. The molecule has 0 bridgehead atoms. The molecule has 0 saturated carbocycles. The summed E-state index contributed by atoms with van der Waals surface area (Å²) in [4.78, 5) is 0. The largest absolute Gasteiger partial charge is 0.495 e. The standard InChI is InChI=1S/C15H15F3N2O/c1-21-14-8-12(5-6-13(14)19)20-9-10-3-2-4-11(7-10)15(16,17)18/h2-8,20H,9,19H2,1H3. The van der Waals surface area contributed by atoms with E-state index in [2.05, 4.69) is 5.32 Å². The summed E-state index contributed by atoms with van der Waals surface area (Å²) in [5.41, 5.74) is 6.81. The topological polar surface area (TPSA) is 47.3 Å². The molecule has 3 N–H and O–H groups in total. The molecule has 0 spiro atoms. The van der Waals surface area contributed by atoms with Gasteiger partial charge in [0, 0.05) is 18.3 Å². The summed E-state index contributed by atoms with van der Waals surface area (Å²) in [7, 11) is 1.50. The molecule has 6 heteroatoms. The first-order chi connectivity index (χ1) is 9.90. The predicted molar refractivity (Wildman–Crippen MR) is 76.2 cm³/mol. The molecule has 3 nitrogen and oxygen atoms in total. The van der Waals surface area contributed by atoms with E-state index in [4.69, 9.17) is 10.5 Å². The van der Waals surface area contributed by atoms with Crippen LogP contribution in [0, 0.1) is 0 Å². The predicted octanol–water partition coefficient (Wildman–Crippen LogP) is 3.91. The molecule has 112 valence electrons. The van der Waals surface area contributed by atoms with Gasteiger partial charge in [-0.25, -0.2) is 0 Å². The second kappa shape index (κ2) is 5.95. The third-order valence-corrected chi connectivity index (χ3v) is 2.98. The highest BCUT2D eigenvalue weighted by Gasteiger charge is 2.30. The average molecular weight is 296 g/mol.